The molecule has 1 N–H and O–H groups in total. The van der Waals surface area contributed by atoms with Crippen LogP contribution in [0, 0.1) is 6.92 Å². The molecule has 0 unspecified atom stereocenters. The van der Waals surface area contributed by atoms with Crippen LogP contribution in [0.4, 0.5) is 0 Å². The van der Waals surface area contributed by atoms with Crippen molar-refractivity contribution < 1.29 is 9.53 Å². The highest BCUT2D eigenvalue weighted by Crippen LogP contribution is 2.24. The van der Waals surface area contributed by atoms with Crippen LogP contribution in [-0.2, 0) is 11.3 Å². The van der Waals surface area contributed by atoms with Crippen LogP contribution >= 0.6 is 0 Å². The maximum atomic E-state index is 12.1. The van der Waals surface area contributed by atoms with E-state index in [-0.39, 0.29) is 12.5 Å². The van der Waals surface area contributed by atoms with Gasteiger partial charge in [0.15, 0.2) is 18.1 Å². The van der Waals surface area contributed by atoms with Gasteiger partial charge in [0.05, 0.1) is 6.54 Å². The number of fused-ring (bicyclic) bond motifs is 1. The van der Waals surface area contributed by atoms with Crippen LogP contribution in [0.3, 0.4) is 0 Å². The summed E-state index contributed by atoms with van der Waals surface area (Å²) in [5, 5.41) is 11.0. The summed E-state index contributed by atoms with van der Waals surface area (Å²) < 4.78 is 7.54. The zero-order chi connectivity index (χ0) is 17.8. The van der Waals surface area contributed by atoms with E-state index < -0.39 is 0 Å². The molecule has 6 nitrogen and oxygen atoms in total. The van der Waals surface area contributed by atoms with Crippen LogP contribution in [0.25, 0.3) is 5.65 Å². The van der Waals surface area contributed by atoms with Crippen molar-refractivity contribution in [2.24, 2.45) is 0 Å². The molecule has 3 rings (SSSR count). The summed E-state index contributed by atoms with van der Waals surface area (Å²) in [5.41, 5.74) is 2.96. The van der Waals surface area contributed by atoms with E-state index in [1.807, 2.05) is 47.9 Å². The standard InChI is InChI=1S/C19H22N4O2/c1-13(2)15-8-7-14(3)16(10-15)25-12-19(24)20-11-18-22-21-17-6-4-5-9-23(17)18/h4-10,13H,11-12H2,1-3H3,(H,20,24). The van der Waals surface area contributed by atoms with Gasteiger partial charge in [-0.1, -0.05) is 32.0 Å². The van der Waals surface area contributed by atoms with Gasteiger partial charge < -0.3 is 10.1 Å². The van der Waals surface area contributed by atoms with Gasteiger partial charge in [-0.3, -0.25) is 9.20 Å². The second-order valence-corrected chi connectivity index (χ2v) is 6.29. The van der Waals surface area contributed by atoms with E-state index >= 15 is 0 Å². The van der Waals surface area contributed by atoms with Gasteiger partial charge in [0.25, 0.3) is 5.91 Å². The van der Waals surface area contributed by atoms with Crippen molar-refractivity contribution in [3.63, 3.8) is 0 Å². The first-order valence-corrected chi connectivity index (χ1v) is 8.33. The molecular formula is C19H22N4O2. The van der Waals surface area contributed by atoms with Gasteiger partial charge in [-0.2, -0.15) is 0 Å². The Labute approximate surface area is 146 Å². The Morgan fingerprint density at radius 1 is 1.24 bits per heavy atom. The van der Waals surface area contributed by atoms with Crippen molar-refractivity contribution in [3.8, 4) is 5.75 Å². The minimum absolute atomic E-state index is 0.0286. The van der Waals surface area contributed by atoms with Crippen molar-refractivity contribution in [3.05, 3.63) is 59.5 Å². The predicted octanol–water partition coefficient (Wildman–Crippen LogP) is 2.86. The van der Waals surface area contributed by atoms with E-state index in [4.69, 9.17) is 4.74 Å². The molecular weight excluding hydrogens is 316 g/mol. The van der Waals surface area contributed by atoms with E-state index in [1.165, 1.54) is 5.56 Å². The zero-order valence-electron chi connectivity index (χ0n) is 14.7. The Balaban J connectivity index is 1.57. The number of ether oxygens (including phenoxy) is 1. The molecule has 0 atom stereocenters. The zero-order valence-corrected chi connectivity index (χ0v) is 14.7. The van der Waals surface area contributed by atoms with Crippen LogP contribution in [0.1, 0.15) is 36.7 Å². The molecule has 0 bridgehead atoms. The number of benzene rings is 1. The van der Waals surface area contributed by atoms with Crippen LogP contribution < -0.4 is 10.1 Å². The summed E-state index contributed by atoms with van der Waals surface area (Å²) in [7, 11) is 0. The molecule has 0 radical (unpaired) electrons. The van der Waals surface area contributed by atoms with Crippen molar-refractivity contribution >= 4 is 11.6 Å². The number of aryl methyl sites for hydroxylation is 1. The highest BCUT2D eigenvalue weighted by Gasteiger charge is 2.09. The van der Waals surface area contributed by atoms with Gasteiger partial charge in [-0.15, -0.1) is 10.2 Å². The van der Waals surface area contributed by atoms with Crippen molar-refractivity contribution in [1.29, 1.82) is 0 Å². The topological polar surface area (TPSA) is 68.5 Å². The van der Waals surface area contributed by atoms with Gasteiger partial charge in [0.1, 0.15) is 5.75 Å². The maximum absolute atomic E-state index is 12.1. The van der Waals surface area contributed by atoms with Crippen LogP contribution in [0.5, 0.6) is 5.75 Å². The lowest BCUT2D eigenvalue weighted by atomic mass is 10.0. The Kier molecular flexibility index (Phi) is 4.97. The number of carbonyl (C=O) groups is 1. The largest absolute Gasteiger partial charge is 0.483 e. The smallest absolute Gasteiger partial charge is 0.258 e. The fraction of sp³-hybridized carbons (Fsp3) is 0.316. The molecule has 0 saturated carbocycles. The fourth-order valence-corrected chi connectivity index (χ4v) is 2.51. The van der Waals surface area contributed by atoms with E-state index in [2.05, 4.69) is 35.4 Å². The lowest BCUT2D eigenvalue weighted by molar-refractivity contribution is -0.123. The highest BCUT2D eigenvalue weighted by molar-refractivity contribution is 5.77. The molecule has 3 aromatic rings. The third-order valence-corrected chi connectivity index (χ3v) is 4.07. The fourth-order valence-electron chi connectivity index (χ4n) is 2.51. The highest BCUT2D eigenvalue weighted by atomic mass is 16.5. The monoisotopic (exact) mass is 338 g/mol. The molecule has 0 spiro atoms. The molecule has 1 amide bonds. The Hall–Kier alpha value is -2.89. The number of hydrogen-bond donors (Lipinski definition) is 1. The third kappa shape index (κ3) is 3.96. The summed E-state index contributed by atoms with van der Waals surface area (Å²) in [4.78, 5) is 12.1. The molecule has 0 fully saturated rings. The molecule has 2 heterocycles. The molecule has 0 aliphatic heterocycles. The summed E-state index contributed by atoms with van der Waals surface area (Å²) in [6.07, 6.45) is 1.87. The van der Waals surface area contributed by atoms with Crippen LogP contribution in [0.15, 0.2) is 42.6 Å². The van der Waals surface area contributed by atoms with Gasteiger partial charge in [0.2, 0.25) is 0 Å². The average molecular weight is 338 g/mol. The van der Waals surface area contributed by atoms with Gasteiger partial charge >= 0.3 is 0 Å². The molecule has 130 valence electrons. The molecule has 2 aromatic heterocycles. The lowest BCUT2D eigenvalue weighted by Crippen LogP contribution is -2.29. The lowest BCUT2D eigenvalue weighted by Gasteiger charge is -2.12. The van der Waals surface area contributed by atoms with E-state index in [9.17, 15) is 4.79 Å². The van der Waals surface area contributed by atoms with Crippen molar-refractivity contribution in [2.45, 2.75) is 33.2 Å². The minimum Gasteiger partial charge on any atom is -0.483 e. The Morgan fingerprint density at radius 3 is 2.88 bits per heavy atom. The van der Waals surface area contributed by atoms with Crippen molar-refractivity contribution in [2.75, 3.05) is 6.61 Å². The van der Waals surface area contributed by atoms with E-state index in [1.54, 1.807) is 0 Å². The number of aromatic nitrogens is 3. The number of nitrogens with zero attached hydrogens (tertiary/aromatic N) is 3. The number of rotatable bonds is 6. The molecule has 0 saturated heterocycles. The first-order valence-electron chi connectivity index (χ1n) is 8.33. The van der Waals surface area contributed by atoms with Crippen molar-refractivity contribution in [1.82, 2.24) is 19.9 Å². The summed E-state index contributed by atoms with van der Waals surface area (Å²) in [6.45, 7) is 6.51. The van der Waals surface area contributed by atoms with Gasteiger partial charge in [-0.05, 0) is 42.2 Å². The Bertz CT molecular complexity index is 886. The molecule has 6 heteroatoms. The molecule has 25 heavy (non-hydrogen) atoms. The van der Waals surface area contributed by atoms with Gasteiger partial charge in [0, 0.05) is 6.20 Å². The Morgan fingerprint density at radius 2 is 2.08 bits per heavy atom. The first-order chi connectivity index (χ1) is 12.0. The number of pyridine rings is 1. The number of nitrogens with one attached hydrogen (secondary N) is 1. The second-order valence-electron chi connectivity index (χ2n) is 6.29. The van der Waals surface area contributed by atoms with E-state index in [0.29, 0.717) is 18.3 Å². The molecule has 0 aliphatic carbocycles. The summed E-state index contributed by atoms with van der Waals surface area (Å²) in [6, 6.07) is 11.8. The number of amides is 1. The van der Waals surface area contributed by atoms with Gasteiger partial charge in [-0.25, -0.2) is 0 Å². The number of carbonyl (C=O) groups excluding carboxylic acids is 1. The van der Waals surface area contributed by atoms with E-state index in [0.717, 1.165) is 17.0 Å². The predicted molar refractivity (Wildman–Crippen MR) is 95.6 cm³/mol. The van der Waals surface area contributed by atoms with Crippen LogP contribution in [-0.4, -0.2) is 27.1 Å². The second kappa shape index (κ2) is 7.34. The average Bonchev–Trinajstić information content (AvgIpc) is 3.02. The molecule has 1 aromatic carbocycles. The van der Waals surface area contributed by atoms with Crippen LogP contribution in [0.2, 0.25) is 0 Å². The number of hydrogen-bond acceptors (Lipinski definition) is 4. The maximum Gasteiger partial charge on any atom is 0.258 e. The molecule has 0 aliphatic rings. The first kappa shape index (κ1) is 17.0. The minimum atomic E-state index is -0.193. The SMILES string of the molecule is Cc1ccc(C(C)C)cc1OCC(=O)NCc1nnc2ccccn12. The summed E-state index contributed by atoms with van der Waals surface area (Å²) >= 11 is 0. The summed E-state index contributed by atoms with van der Waals surface area (Å²) in [5.74, 6) is 1.65. The third-order valence-electron chi connectivity index (χ3n) is 4.07. The normalized spacial score (nSPS) is 11.0. The quantitative estimate of drug-likeness (QED) is 0.750.